The number of alkyl halides is 3. The van der Waals surface area contributed by atoms with Gasteiger partial charge in [0.05, 0.1) is 6.61 Å². The van der Waals surface area contributed by atoms with Gasteiger partial charge in [0.25, 0.3) is 0 Å². The number of nitrogens with two attached hydrogens (primary N) is 1. The zero-order valence-electron chi connectivity index (χ0n) is 9.91. The zero-order valence-corrected chi connectivity index (χ0v) is 9.91. The summed E-state index contributed by atoms with van der Waals surface area (Å²) in [6, 6.07) is 8.34. The Morgan fingerprint density at radius 2 is 2.05 bits per heavy atom. The third-order valence-corrected chi connectivity index (χ3v) is 2.54. The van der Waals surface area contributed by atoms with E-state index in [-0.39, 0.29) is 6.61 Å². The number of benzene rings is 1. The largest absolute Gasteiger partial charge is 0.459 e. The standard InChI is InChI=1S/C12H13F3N2O2/c13-12(14,15)7-18-6-9(17-16)11-5-8-3-1-2-4-10(8)19-11/h1-5,9,17H,6-7,16H2. The number of hydrogen-bond acceptors (Lipinski definition) is 4. The molecule has 0 spiro atoms. The first-order valence-corrected chi connectivity index (χ1v) is 5.59. The number of halogens is 3. The SMILES string of the molecule is NNC(COCC(F)(F)F)c1cc2ccccc2o1. The van der Waals surface area contributed by atoms with Gasteiger partial charge in [0.1, 0.15) is 24.0 Å². The molecule has 0 amide bonds. The molecule has 19 heavy (non-hydrogen) atoms. The molecule has 1 aromatic heterocycles. The van der Waals surface area contributed by atoms with Gasteiger partial charge in [-0.15, -0.1) is 0 Å². The second-order valence-corrected chi connectivity index (χ2v) is 4.04. The predicted octanol–water partition coefficient (Wildman–Crippen LogP) is 2.52. The quantitative estimate of drug-likeness (QED) is 0.649. The van der Waals surface area contributed by atoms with Crippen molar-refractivity contribution in [3.8, 4) is 0 Å². The molecular weight excluding hydrogens is 261 g/mol. The Hall–Kier alpha value is -1.57. The fourth-order valence-corrected chi connectivity index (χ4v) is 1.68. The number of nitrogens with one attached hydrogen (secondary N) is 1. The Balaban J connectivity index is 2.04. The predicted molar refractivity (Wildman–Crippen MR) is 63.2 cm³/mol. The Morgan fingerprint density at radius 3 is 2.68 bits per heavy atom. The molecule has 0 saturated heterocycles. The number of hydrogen-bond donors (Lipinski definition) is 2. The first-order valence-electron chi connectivity index (χ1n) is 5.59. The van der Waals surface area contributed by atoms with Crippen LogP contribution in [0.25, 0.3) is 11.0 Å². The highest BCUT2D eigenvalue weighted by Crippen LogP contribution is 2.24. The van der Waals surface area contributed by atoms with Gasteiger partial charge in [0, 0.05) is 5.39 Å². The normalized spacial score (nSPS) is 13.9. The Bertz CT molecular complexity index is 506. The van der Waals surface area contributed by atoms with Crippen LogP contribution in [0.2, 0.25) is 0 Å². The van der Waals surface area contributed by atoms with E-state index in [2.05, 4.69) is 10.2 Å². The molecule has 104 valence electrons. The fraction of sp³-hybridized carbons (Fsp3) is 0.333. The van der Waals surface area contributed by atoms with Gasteiger partial charge in [-0.1, -0.05) is 18.2 Å². The van der Waals surface area contributed by atoms with E-state index < -0.39 is 18.8 Å². The molecule has 2 rings (SSSR count). The van der Waals surface area contributed by atoms with Gasteiger partial charge >= 0.3 is 6.18 Å². The molecule has 0 aliphatic rings. The van der Waals surface area contributed by atoms with Crippen molar-refractivity contribution in [2.75, 3.05) is 13.2 Å². The van der Waals surface area contributed by atoms with E-state index in [0.29, 0.717) is 11.3 Å². The number of fused-ring (bicyclic) bond motifs is 1. The van der Waals surface area contributed by atoms with Crippen LogP contribution in [0.4, 0.5) is 13.2 Å². The molecule has 4 nitrogen and oxygen atoms in total. The molecule has 1 atom stereocenters. The van der Waals surface area contributed by atoms with E-state index in [1.807, 2.05) is 12.1 Å². The van der Waals surface area contributed by atoms with Crippen LogP contribution in [0.5, 0.6) is 0 Å². The fourth-order valence-electron chi connectivity index (χ4n) is 1.68. The van der Waals surface area contributed by atoms with E-state index >= 15 is 0 Å². The topological polar surface area (TPSA) is 60.4 Å². The minimum atomic E-state index is -4.35. The molecule has 0 fully saturated rings. The van der Waals surface area contributed by atoms with E-state index in [1.54, 1.807) is 18.2 Å². The molecule has 1 aromatic carbocycles. The molecule has 1 unspecified atom stereocenters. The van der Waals surface area contributed by atoms with E-state index in [0.717, 1.165) is 5.39 Å². The summed E-state index contributed by atoms with van der Waals surface area (Å²) < 4.78 is 46.0. The van der Waals surface area contributed by atoms with Crippen molar-refractivity contribution in [3.05, 3.63) is 36.1 Å². The summed E-state index contributed by atoms with van der Waals surface area (Å²) in [5.74, 6) is 5.74. The first kappa shape index (κ1) is 13.9. The molecule has 0 aliphatic carbocycles. The van der Waals surface area contributed by atoms with E-state index in [1.165, 1.54) is 0 Å². The maximum absolute atomic E-state index is 12.0. The molecule has 0 bridgehead atoms. The molecular formula is C12H13F3N2O2. The van der Waals surface area contributed by atoms with Crippen LogP contribution in [0, 0.1) is 0 Å². The lowest BCUT2D eigenvalue weighted by Gasteiger charge is -2.14. The zero-order chi connectivity index (χ0) is 13.9. The average Bonchev–Trinajstić information content (AvgIpc) is 2.76. The van der Waals surface area contributed by atoms with E-state index in [4.69, 9.17) is 10.3 Å². The maximum atomic E-state index is 12.0. The second-order valence-electron chi connectivity index (χ2n) is 4.04. The highest BCUT2D eigenvalue weighted by molar-refractivity contribution is 5.77. The van der Waals surface area contributed by atoms with Gasteiger partial charge in [-0.2, -0.15) is 13.2 Å². The summed E-state index contributed by atoms with van der Waals surface area (Å²) in [7, 11) is 0. The minimum absolute atomic E-state index is 0.226. The Morgan fingerprint density at radius 1 is 1.32 bits per heavy atom. The van der Waals surface area contributed by atoms with Crippen LogP contribution in [-0.4, -0.2) is 19.4 Å². The van der Waals surface area contributed by atoms with Gasteiger partial charge < -0.3 is 9.15 Å². The van der Waals surface area contributed by atoms with Gasteiger partial charge in [0.2, 0.25) is 0 Å². The summed E-state index contributed by atoms with van der Waals surface area (Å²) in [5.41, 5.74) is 3.03. The van der Waals surface area contributed by atoms with Crippen molar-refractivity contribution in [3.63, 3.8) is 0 Å². The Kier molecular flexibility index (Phi) is 4.08. The van der Waals surface area contributed by atoms with Crippen molar-refractivity contribution < 1.29 is 22.3 Å². The smallest absolute Gasteiger partial charge is 0.411 e. The summed E-state index contributed by atoms with van der Waals surface area (Å²) in [6.45, 7) is -1.54. The van der Waals surface area contributed by atoms with Crippen LogP contribution < -0.4 is 11.3 Å². The highest BCUT2D eigenvalue weighted by atomic mass is 19.4. The average molecular weight is 274 g/mol. The molecule has 1 heterocycles. The number of furan rings is 1. The lowest BCUT2D eigenvalue weighted by molar-refractivity contribution is -0.175. The second kappa shape index (κ2) is 5.60. The highest BCUT2D eigenvalue weighted by Gasteiger charge is 2.28. The molecule has 0 radical (unpaired) electrons. The van der Waals surface area contributed by atoms with Crippen molar-refractivity contribution >= 4 is 11.0 Å². The van der Waals surface area contributed by atoms with Gasteiger partial charge in [0.15, 0.2) is 0 Å². The summed E-state index contributed by atoms with van der Waals surface area (Å²) in [6.07, 6.45) is -4.35. The van der Waals surface area contributed by atoms with Crippen LogP contribution in [0.1, 0.15) is 11.8 Å². The molecule has 2 aromatic rings. The van der Waals surface area contributed by atoms with Crippen molar-refractivity contribution in [1.29, 1.82) is 0 Å². The van der Waals surface area contributed by atoms with E-state index in [9.17, 15) is 13.2 Å². The summed E-state index contributed by atoms with van der Waals surface area (Å²) >= 11 is 0. The Labute approximate surface area is 107 Å². The monoisotopic (exact) mass is 274 g/mol. The summed E-state index contributed by atoms with van der Waals surface area (Å²) in [4.78, 5) is 0. The molecule has 3 N–H and O–H groups in total. The van der Waals surface area contributed by atoms with Gasteiger partial charge in [-0.25, -0.2) is 5.43 Å². The molecule has 0 saturated carbocycles. The van der Waals surface area contributed by atoms with Crippen LogP contribution in [0.3, 0.4) is 0 Å². The van der Waals surface area contributed by atoms with Gasteiger partial charge in [-0.3, -0.25) is 5.84 Å². The maximum Gasteiger partial charge on any atom is 0.411 e. The molecule has 7 heteroatoms. The van der Waals surface area contributed by atoms with Crippen LogP contribution in [0.15, 0.2) is 34.7 Å². The summed E-state index contributed by atoms with van der Waals surface area (Å²) in [5, 5.41) is 0.855. The third kappa shape index (κ3) is 3.69. The van der Waals surface area contributed by atoms with Crippen LogP contribution >= 0.6 is 0 Å². The van der Waals surface area contributed by atoms with Crippen molar-refractivity contribution in [2.45, 2.75) is 12.2 Å². The molecule has 0 aliphatic heterocycles. The van der Waals surface area contributed by atoms with Crippen LogP contribution in [-0.2, 0) is 4.74 Å². The number of rotatable bonds is 5. The first-order chi connectivity index (χ1) is 8.99. The van der Waals surface area contributed by atoms with Gasteiger partial charge in [-0.05, 0) is 12.1 Å². The van der Waals surface area contributed by atoms with Crippen molar-refractivity contribution in [2.24, 2.45) is 5.84 Å². The lowest BCUT2D eigenvalue weighted by atomic mass is 10.2. The van der Waals surface area contributed by atoms with Crippen molar-refractivity contribution in [1.82, 2.24) is 5.43 Å². The third-order valence-electron chi connectivity index (χ3n) is 2.54. The number of hydrazine groups is 1. The number of ether oxygens (including phenoxy) is 1. The minimum Gasteiger partial charge on any atom is -0.459 e. The number of para-hydroxylation sites is 1. The lowest BCUT2D eigenvalue weighted by Crippen LogP contribution is -2.32.